The number of anilines is 1. The number of piperazine rings is 1. The van der Waals surface area contributed by atoms with Crippen LogP contribution in [0.15, 0.2) is 29.2 Å². The molecule has 3 aromatic rings. The van der Waals surface area contributed by atoms with Crippen LogP contribution in [-0.2, 0) is 21.0 Å². The number of rotatable bonds is 4. The van der Waals surface area contributed by atoms with Crippen LogP contribution in [-0.4, -0.2) is 64.4 Å². The number of sulfonamides is 1. The van der Waals surface area contributed by atoms with E-state index < -0.39 is 38.7 Å². The summed E-state index contributed by atoms with van der Waals surface area (Å²) >= 11 is 7.28. The van der Waals surface area contributed by atoms with Gasteiger partial charge in [-0.25, -0.2) is 18.4 Å². The molecule has 1 aliphatic rings. The molecule has 1 saturated heterocycles. The maximum absolute atomic E-state index is 13.0. The Kier molecular flexibility index (Phi) is 5.97. The summed E-state index contributed by atoms with van der Waals surface area (Å²) in [5.41, 5.74) is -0.659. The summed E-state index contributed by atoms with van der Waals surface area (Å²) in [6.45, 7) is 1.32. The minimum Gasteiger partial charge on any atom is -0.480 e. The van der Waals surface area contributed by atoms with Gasteiger partial charge in [0.15, 0.2) is 15.9 Å². The van der Waals surface area contributed by atoms with Crippen LogP contribution < -0.4 is 4.90 Å². The predicted molar refractivity (Wildman–Crippen MR) is 114 cm³/mol. The molecule has 33 heavy (non-hydrogen) atoms. The first-order valence-corrected chi connectivity index (χ1v) is 12.0. The zero-order valence-corrected chi connectivity index (χ0v) is 19.1. The van der Waals surface area contributed by atoms with Crippen LogP contribution in [0.5, 0.6) is 0 Å². The van der Waals surface area contributed by atoms with Crippen molar-refractivity contribution in [2.75, 3.05) is 24.5 Å². The fraction of sp³-hybridized carbons (Fsp3) is 0.333. The van der Waals surface area contributed by atoms with Crippen LogP contribution in [0.4, 0.5) is 18.3 Å². The number of aryl methyl sites for hydroxylation is 1. The zero-order chi connectivity index (χ0) is 24.1. The number of halogens is 4. The van der Waals surface area contributed by atoms with Gasteiger partial charge >= 0.3 is 12.1 Å². The lowest BCUT2D eigenvalue weighted by Gasteiger charge is -2.38. The SMILES string of the molecule is Cc1nc(Cl)c2sc(N3CCN(S(=O)(=O)c4ccc(C(F)(F)F)cc4)[C@@H](C(=O)O)C3)nc2n1. The summed E-state index contributed by atoms with van der Waals surface area (Å²) in [7, 11) is -4.36. The Morgan fingerprint density at radius 3 is 2.45 bits per heavy atom. The zero-order valence-electron chi connectivity index (χ0n) is 16.7. The number of aromatic nitrogens is 3. The number of fused-ring (bicyclic) bond motifs is 1. The van der Waals surface area contributed by atoms with Gasteiger partial charge in [0.2, 0.25) is 10.0 Å². The fourth-order valence-electron chi connectivity index (χ4n) is 3.40. The number of aliphatic carboxylic acids is 1. The maximum Gasteiger partial charge on any atom is 0.416 e. The molecule has 0 bridgehead atoms. The molecular formula is C18H15ClF3N5O4S2. The van der Waals surface area contributed by atoms with Gasteiger partial charge in [-0.15, -0.1) is 0 Å². The van der Waals surface area contributed by atoms with Crippen LogP contribution >= 0.6 is 22.9 Å². The molecule has 3 heterocycles. The number of hydrogen-bond donors (Lipinski definition) is 1. The predicted octanol–water partition coefficient (Wildman–Crippen LogP) is 3.03. The third-order valence-electron chi connectivity index (χ3n) is 4.99. The van der Waals surface area contributed by atoms with Gasteiger partial charge in [0, 0.05) is 19.6 Å². The molecule has 15 heteroatoms. The third-order valence-corrected chi connectivity index (χ3v) is 8.41. The van der Waals surface area contributed by atoms with Crippen molar-refractivity contribution < 1.29 is 31.5 Å². The standard InChI is InChI=1S/C18H15ClF3N5O4S2/c1-9-23-14(19)13-15(24-9)25-17(32-13)26-6-7-27(12(8-26)16(28)29)33(30,31)11-4-2-10(3-5-11)18(20,21)22/h2-5,12H,6-8H2,1H3,(H,28,29)/t12-/m1/s1. The first-order valence-electron chi connectivity index (χ1n) is 9.35. The van der Waals surface area contributed by atoms with E-state index in [0.717, 1.165) is 27.8 Å². The first kappa shape index (κ1) is 23.6. The topological polar surface area (TPSA) is 117 Å². The summed E-state index contributed by atoms with van der Waals surface area (Å²) in [6, 6.07) is 1.45. The summed E-state index contributed by atoms with van der Waals surface area (Å²) in [6.07, 6.45) is -4.62. The Balaban J connectivity index is 1.62. The second kappa shape index (κ2) is 8.34. The highest BCUT2D eigenvalue weighted by atomic mass is 35.5. The monoisotopic (exact) mass is 521 g/mol. The minimum atomic E-state index is -4.62. The normalized spacial score (nSPS) is 18.1. The van der Waals surface area contributed by atoms with E-state index in [-0.39, 0.29) is 24.8 Å². The lowest BCUT2D eigenvalue weighted by Crippen LogP contribution is -2.58. The van der Waals surface area contributed by atoms with Gasteiger partial charge in [-0.2, -0.15) is 22.5 Å². The number of hydrogen-bond acceptors (Lipinski definition) is 8. The van der Waals surface area contributed by atoms with Crippen LogP contribution in [0.3, 0.4) is 0 Å². The molecule has 1 N–H and O–H groups in total. The lowest BCUT2D eigenvalue weighted by molar-refractivity contribution is -0.141. The highest BCUT2D eigenvalue weighted by molar-refractivity contribution is 7.89. The summed E-state index contributed by atoms with van der Waals surface area (Å²) in [5.74, 6) is -0.981. The van der Waals surface area contributed by atoms with Gasteiger partial charge < -0.3 is 10.0 Å². The van der Waals surface area contributed by atoms with Crippen molar-refractivity contribution in [1.82, 2.24) is 19.3 Å². The van der Waals surface area contributed by atoms with E-state index in [0.29, 0.717) is 33.4 Å². The summed E-state index contributed by atoms with van der Waals surface area (Å²) in [5, 5.41) is 10.3. The Labute approximate surface area is 194 Å². The molecule has 2 aromatic heterocycles. The average molecular weight is 522 g/mol. The molecule has 1 aliphatic heterocycles. The highest BCUT2D eigenvalue weighted by Gasteiger charge is 2.41. The molecule has 0 aliphatic carbocycles. The largest absolute Gasteiger partial charge is 0.480 e. The maximum atomic E-state index is 13.0. The number of benzene rings is 1. The molecular weight excluding hydrogens is 507 g/mol. The Morgan fingerprint density at radius 1 is 1.18 bits per heavy atom. The Hall–Kier alpha value is -2.55. The van der Waals surface area contributed by atoms with Gasteiger partial charge in [0.25, 0.3) is 0 Å². The van der Waals surface area contributed by atoms with E-state index in [1.165, 1.54) is 0 Å². The second-order valence-corrected chi connectivity index (χ2v) is 10.4. The lowest BCUT2D eigenvalue weighted by atomic mass is 10.2. The molecule has 1 fully saturated rings. The molecule has 0 unspecified atom stereocenters. The summed E-state index contributed by atoms with van der Waals surface area (Å²) < 4.78 is 65.8. The van der Waals surface area contributed by atoms with E-state index in [9.17, 15) is 31.5 Å². The van der Waals surface area contributed by atoms with Gasteiger partial charge in [-0.3, -0.25) is 4.79 Å². The average Bonchev–Trinajstić information content (AvgIpc) is 3.17. The number of carboxylic acids is 1. The molecule has 0 spiro atoms. The van der Waals surface area contributed by atoms with Crippen molar-refractivity contribution in [3.8, 4) is 0 Å². The van der Waals surface area contributed by atoms with Crippen molar-refractivity contribution in [3.63, 3.8) is 0 Å². The Morgan fingerprint density at radius 2 is 1.85 bits per heavy atom. The molecule has 1 aromatic carbocycles. The van der Waals surface area contributed by atoms with Crippen molar-refractivity contribution in [3.05, 3.63) is 40.8 Å². The van der Waals surface area contributed by atoms with Crippen LogP contribution in [0.25, 0.3) is 10.3 Å². The molecule has 176 valence electrons. The molecule has 0 amide bonds. The van der Waals surface area contributed by atoms with E-state index >= 15 is 0 Å². The van der Waals surface area contributed by atoms with Crippen molar-refractivity contribution in [2.24, 2.45) is 0 Å². The fourth-order valence-corrected chi connectivity index (χ4v) is 6.21. The van der Waals surface area contributed by atoms with Crippen LogP contribution in [0, 0.1) is 6.92 Å². The first-order chi connectivity index (χ1) is 15.4. The number of carbonyl (C=O) groups is 1. The van der Waals surface area contributed by atoms with Crippen LogP contribution in [0.1, 0.15) is 11.4 Å². The minimum absolute atomic E-state index is 0.105. The van der Waals surface area contributed by atoms with Gasteiger partial charge in [0.05, 0.1) is 10.5 Å². The third kappa shape index (κ3) is 4.47. The smallest absolute Gasteiger partial charge is 0.416 e. The van der Waals surface area contributed by atoms with E-state index in [1.807, 2.05) is 0 Å². The number of alkyl halides is 3. The quantitative estimate of drug-likeness (QED) is 0.521. The van der Waals surface area contributed by atoms with Crippen molar-refractivity contribution in [1.29, 1.82) is 0 Å². The van der Waals surface area contributed by atoms with E-state index in [2.05, 4.69) is 15.0 Å². The van der Waals surface area contributed by atoms with Crippen molar-refractivity contribution >= 4 is 54.4 Å². The van der Waals surface area contributed by atoms with E-state index in [1.54, 1.807) is 11.8 Å². The number of carboxylic acid groups (broad SMARTS) is 1. The highest BCUT2D eigenvalue weighted by Crippen LogP contribution is 2.34. The van der Waals surface area contributed by atoms with E-state index in [4.69, 9.17) is 11.6 Å². The van der Waals surface area contributed by atoms with Gasteiger partial charge in [-0.05, 0) is 31.2 Å². The second-order valence-electron chi connectivity index (χ2n) is 7.15. The Bertz CT molecular complexity index is 1330. The molecule has 0 saturated carbocycles. The van der Waals surface area contributed by atoms with Crippen molar-refractivity contribution in [2.45, 2.75) is 24.0 Å². The van der Waals surface area contributed by atoms with Gasteiger partial charge in [-0.1, -0.05) is 22.9 Å². The summed E-state index contributed by atoms with van der Waals surface area (Å²) in [4.78, 5) is 25.7. The van der Waals surface area contributed by atoms with Crippen LogP contribution in [0.2, 0.25) is 5.15 Å². The molecule has 0 radical (unpaired) electrons. The molecule has 9 nitrogen and oxygen atoms in total. The van der Waals surface area contributed by atoms with Gasteiger partial charge in [0.1, 0.15) is 16.6 Å². The number of thiazole rings is 1. The number of nitrogens with zero attached hydrogens (tertiary/aromatic N) is 5. The molecule has 1 atom stereocenters. The molecule has 4 rings (SSSR count).